The van der Waals surface area contributed by atoms with Crippen LogP contribution in [-0.2, 0) is 19.9 Å². The minimum Gasteiger partial charge on any atom is -0.200 e. The summed E-state index contributed by atoms with van der Waals surface area (Å²) in [6, 6.07) is 22.8. The Kier molecular flexibility index (Phi) is 5.47. The zero-order chi connectivity index (χ0) is 24.2. The third-order valence-corrected chi connectivity index (χ3v) is 7.22. The maximum Gasteiger partial charge on any atom is 0.213 e. The Hall–Kier alpha value is -3.19. The number of rotatable bonds is 3. The number of aryl methyl sites for hydroxylation is 4. The molecule has 0 amide bonds. The highest BCUT2D eigenvalue weighted by atomic mass is 14.9. The van der Waals surface area contributed by atoms with Crippen molar-refractivity contribution >= 4 is 0 Å². The lowest BCUT2D eigenvalue weighted by Gasteiger charge is -2.22. The monoisotopic (exact) mass is 446 g/mol. The summed E-state index contributed by atoms with van der Waals surface area (Å²) >= 11 is 0. The molecule has 4 aromatic rings. The summed E-state index contributed by atoms with van der Waals surface area (Å²) in [6.07, 6.45) is 4.41. The van der Waals surface area contributed by atoms with E-state index >= 15 is 0 Å². The quantitative estimate of drug-likeness (QED) is 0.248. The maximum atomic E-state index is 2.48. The fourth-order valence-corrected chi connectivity index (χ4v) is 5.62. The van der Waals surface area contributed by atoms with Crippen molar-refractivity contribution < 1.29 is 4.57 Å². The molecule has 1 heteroatoms. The van der Waals surface area contributed by atoms with E-state index in [2.05, 4.69) is 120 Å². The first-order valence-electron chi connectivity index (χ1n) is 12.4. The van der Waals surface area contributed by atoms with Crippen molar-refractivity contribution in [3.8, 4) is 33.5 Å². The van der Waals surface area contributed by atoms with Crippen molar-refractivity contribution in [3.05, 3.63) is 100 Å². The number of benzene rings is 3. The van der Waals surface area contributed by atoms with E-state index in [-0.39, 0.29) is 5.41 Å². The van der Waals surface area contributed by atoms with Crippen LogP contribution in [0.2, 0.25) is 0 Å². The Labute approximate surface area is 205 Å². The van der Waals surface area contributed by atoms with Crippen LogP contribution in [0, 0.1) is 26.2 Å². The third-order valence-electron chi connectivity index (χ3n) is 7.22. The van der Waals surface area contributed by atoms with E-state index in [9.17, 15) is 0 Å². The molecule has 172 valence electrons. The van der Waals surface area contributed by atoms with Gasteiger partial charge in [-0.25, -0.2) is 4.57 Å². The molecule has 5 rings (SSSR count). The zero-order valence-corrected chi connectivity index (χ0v) is 21.7. The summed E-state index contributed by atoms with van der Waals surface area (Å²) in [5, 5.41) is 0. The van der Waals surface area contributed by atoms with Crippen molar-refractivity contribution in [1.82, 2.24) is 0 Å². The number of aromatic nitrogens is 1. The van der Waals surface area contributed by atoms with Crippen LogP contribution < -0.4 is 4.57 Å². The van der Waals surface area contributed by atoms with Gasteiger partial charge in [0.05, 0.1) is 5.56 Å². The lowest BCUT2D eigenvalue weighted by atomic mass is 9.83. The highest BCUT2D eigenvalue weighted by Crippen LogP contribution is 2.43. The Morgan fingerprint density at radius 2 is 1.53 bits per heavy atom. The van der Waals surface area contributed by atoms with E-state index in [4.69, 9.17) is 0 Å². The molecule has 1 aliphatic rings. The van der Waals surface area contributed by atoms with Crippen LogP contribution in [0.4, 0.5) is 0 Å². The van der Waals surface area contributed by atoms with Gasteiger partial charge in [0.1, 0.15) is 7.05 Å². The van der Waals surface area contributed by atoms with E-state index in [1.54, 1.807) is 0 Å². The van der Waals surface area contributed by atoms with Gasteiger partial charge in [0.25, 0.3) is 0 Å². The summed E-state index contributed by atoms with van der Waals surface area (Å²) in [5.74, 6) is 0. The number of hydrogen-bond donors (Lipinski definition) is 0. The van der Waals surface area contributed by atoms with E-state index < -0.39 is 0 Å². The lowest BCUT2D eigenvalue weighted by molar-refractivity contribution is -0.660. The van der Waals surface area contributed by atoms with Gasteiger partial charge in [0, 0.05) is 11.6 Å². The van der Waals surface area contributed by atoms with Crippen molar-refractivity contribution in [2.45, 2.75) is 54.4 Å². The first-order chi connectivity index (χ1) is 16.1. The molecule has 0 atom stereocenters. The van der Waals surface area contributed by atoms with Gasteiger partial charge in [0.2, 0.25) is 5.69 Å². The van der Waals surface area contributed by atoms with Gasteiger partial charge in [-0.3, -0.25) is 0 Å². The topological polar surface area (TPSA) is 3.88 Å². The average molecular weight is 447 g/mol. The molecule has 0 spiro atoms. The van der Waals surface area contributed by atoms with Crippen LogP contribution in [0.1, 0.15) is 54.2 Å². The van der Waals surface area contributed by atoms with E-state index in [0.29, 0.717) is 0 Å². The fraction of sp³-hybridized carbons (Fsp3) is 0.303. The first kappa shape index (κ1) is 22.6. The molecule has 0 fully saturated rings. The number of pyridine rings is 1. The first-order valence-corrected chi connectivity index (χ1v) is 12.4. The molecule has 0 bridgehead atoms. The summed E-state index contributed by atoms with van der Waals surface area (Å²) < 4.78 is 2.35. The standard InChI is InChI=1S/C33H36N/c1-21-12-14-24-17-29-27(28(24)16-21)15-13-23(3)32(29)31-18-25(19-33(4,5)6)30(20-34(31)7)26-11-9-8-10-22(26)2/h8-16,18,20H,17,19H2,1-7H3/q+1. The number of nitrogens with zero attached hydrogens (tertiary/aromatic N) is 1. The van der Waals surface area contributed by atoms with E-state index in [1.165, 1.54) is 66.9 Å². The van der Waals surface area contributed by atoms with Gasteiger partial charge in [-0.15, -0.1) is 0 Å². The molecule has 0 aliphatic heterocycles. The van der Waals surface area contributed by atoms with Crippen LogP contribution in [0.3, 0.4) is 0 Å². The largest absolute Gasteiger partial charge is 0.213 e. The molecule has 0 N–H and O–H groups in total. The van der Waals surface area contributed by atoms with Gasteiger partial charge in [-0.05, 0) is 83.5 Å². The Bertz CT molecular complexity index is 1420. The molecular formula is C33H36N+. The summed E-state index contributed by atoms with van der Waals surface area (Å²) in [5.41, 5.74) is 16.8. The second-order valence-corrected chi connectivity index (χ2v) is 11.4. The maximum absolute atomic E-state index is 2.48. The predicted octanol–water partition coefficient (Wildman–Crippen LogP) is 7.93. The lowest BCUT2D eigenvalue weighted by Crippen LogP contribution is -2.32. The molecule has 0 unspecified atom stereocenters. The summed E-state index contributed by atoms with van der Waals surface area (Å²) in [4.78, 5) is 0. The second kappa shape index (κ2) is 8.24. The minimum atomic E-state index is 0.204. The van der Waals surface area contributed by atoms with Gasteiger partial charge < -0.3 is 0 Å². The van der Waals surface area contributed by atoms with Gasteiger partial charge in [-0.2, -0.15) is 0 Å². The normalized spacial score (nSPS) is 12.6. The minimum absolute atomic E-state index is 0.204. The summed E-state index contributed by atoms with van der Waals surface area (Å²) in [7, 11) is 2.21. The van der Waals surface area contributed by atoms with Crippen LogP contribution in [0.25, 0.3) is 33.5 Å². The predicted molar refractivity (Wildman–Crippen MR) is 144 cm³/mol. The van der Waals surface area contributed by atoms with Gasteiger partial charge >= 0.3 is 0 Å². The van der Waals surface area contributed by atoms with Crippen LogP contribution in [0.5, 0.6) is 0 Å². The van der Waals surface area contributed by atoms with Crippen molar-refractivity contribution in [2.24, 2.45) is 12.5 Å². The molecule has 0 saturated heterocycles. The molecule has 0 radical (unpaired) electrons. The zero-order valence-electron chi connectivity index (χ0n) is 21.7. The van der Waals surface area contributed by atoms with Gasteiger partial charge in [0.15, 0.2) is 6.20 Å². The molecule has 34 heavy (non-hydrogen) atoms. The van der Waals surface area contributed by atoms with E-state index in [1.807, 2.05) is 0 Å². The third kappa shape index (κ3) is 3.98. The van der Waals surface area contributed by atoms with Crippen LogP contribution >= 0.6 is 0 Å². The number of hydrogen-bond acceptors (Lipinski definition) is 0. The fourth-order valence-electron chi connectivity index (χ4n) is 5.62. The van der Waals surface area contributed by atoms with Gasteiger partial charge in [-0.1, -0.05) is 80.9 Å². The average Bonchev–Trinajstić information content (AvgIpc) is 3.12. The SMILES string of the molecule is Cc1ccc2c(c1)-c1ccc(C)c(-c3cc(CC(C)(C)C)c(-c4ccccc4C)c[n+]3C)c1C2. The Morgan fingerprint density at radius 3 is 2.26 bits per heavy atom. The summed E-state index contributed by atoms with van der Waals surface area (Å²) in [6.45, 7) is 13.7. The molecular weight excluding hydrogens is 410 g/mol. The smallest absolute Gasteiger partial charge is 0.200 e. The van der Waals surface area contributed by atoms with Crippen molar-refractivity contribution in [2.75, 3.05) is 0 Å². The van der Waals surface area contributed by atoms with E-state index in [0.717, 1.165) is 12.8 Å². The molecule has 1 aromatic heterocycles. The Morgan fingerprint density at radius 1 is 0.765 bits per heavy atom. The highest BCUT2D eigenvalue weighted by Gasteiger charge is 2.28. The molecule has 1 nitrogen and oxygen atoms in total. The molecule has 1 aliphatic carbocycles. The Balaban J connectivity index is 1.74. The second-order valence-electron chi connectivity index (χ2n) is 11.4. The molecule has 3 aromatic carbocycles. The number of fused-ring (bicyclic) bond motifs is 3. The molecule has 0 saturated carbocycles. The molecule has 1 heterocycles. The van der Waals surface area contributed by atoms with Crippen LogP contribution in [0.15, 0.2) is 66.9 Å². The highest BCUT2D eigenvalue weighted by molar-refractivity contribution is 5.85. The van der Waals surface area contributed by atoms with Crippen molar-refractivity contribution in [1.29, 1.82) is 0 Å². The van der Waals surface area contributed by atoms with Crippen molar-refractivity contribution in [3.63, 3.8) is 0 Å². The van der Waals surface area contributed by atoms with Crippen LogP contribution in [-0.4, -0.2) is 0 Å².